The van der Waals surface area contributed by atoms with E-state index in [9.17, 15) is 14.4 Å². The highest BCUT2D eigenvalue weighted by Gasteiger charge is 2.44. The number of para-hydroxylation sites is 1. The first-order valence-corrected chi connectivity index (χ1v) is 11.0. The van der Waals surface area contributed by atoms with Crippen LogP contribution in [0.4, 0.5) is 17.2 Å². The number of rotatable bonds is 3. The zero-order valence-electron chi connectivity index (χ0n) is 18.2. The second kappa shape index (κ2) is 7.28. The number of hydrogen-bond acceptors (Lipinski definition) is 7. The van der Waals surface area contributed by atoms with Crippen LogP contribution in [0.1, 0.15) is 29.1 Å². The Hall–Kier alpha value is -3.98. The maximum absolute atomic E-state index is 13.4. The highest BCUT2D eigenvalue weighted by molar-refractivity contribution is 7.20. The van der Waals surface area contributed by atoms with E-state index in [-0.39, 0.29) is 11.7 Å². The van der Waals surface area contributed by atoms with Gasteiger partial charge >= 0.3 is 5.97 Å². The van der Waals surface area contributed by atoms with Gasteiger partial charge in [-0.25, -0.2) is 9.78 Å². The maximum Gasteiger partial charge on any atom is 0.348 e. The summed E-state index contributed by atoms with van der Waals surface area (Å²) in [6.07, 6.45) is 0. The van der Waals surface area contributed by atoms with Gasteiger partial charge in [-0.05, 0) is 49.7 Å². The molecule has 0 radical (unpaired) electrons. The topological polar surface area (TPSA) is 108 Å². The minimum atomic E-state index is -0.734. The van der Waals surface area contributed by atoms with Crippen LogP contribution in [0.15, 0.2) is 59.4 Å². The Kier molecular flexibility index (Phi) is 4.61. The molecule has 0 bridgehead atoms. The van der Waals surface area contributed by atoms with Gasteiger partial charge in [-0.3, -0.25) is 19.1 Å². The third-order valence-corrected chi connectivity index (χ3v) is 6.87. The molecule has 0 saturated heterocycles. The zero-order chi connectivity index (χ0) is 23.5. The second-order valence-corrected chi connectivity index (χ2v) is 9.26. The Labute approximate surface area is 192 Å². The van der Waals surface area contributed by atoms with Crippen molar-refractivity contribution in [2.24, 2.45) is 0 Å². The van der Waals surface area contributed by atoms with Gasteiger partial charge in [0.25, 0.3) is 5.56 Å². The highest BCUT2D eigenvalue weighted by atomic mass is 32.1. The molecule has 166 valence electrons. The van der Waals surface area contributed by atoms with Crippen molar-refractivity contribution >= 4 is 50.8 Å². The number of carbonyl (C=O) groups is 2. The van der Waals surface area contributed by atoms with Crippen molar-refractivity contribution in [3.05, 3.63) is 75.4 Å². The minimum Gasteiger partial charge on any atom is -0.465 e. The third-order valence-electron chi connectivity index (χ3n) is 5.87. The lowest BCUT2D eigenvalue weighted by molar-refractivity contribution is -0.121. The SMILES string of the molecule is COC(=O)c1cc2c(nc(N)c(=O)n2-c2ccc3c(c2)N(c2ccccc2)C(=O)C3(C)C)s1. The number of aromatic nitrogens is 2. The molecule has 0 unspecified atom stereocenters. The molecule has 8 nitrogen and oxygen atoms in total. The van der Waals surface area contributed by atoms with Crippen LogP contribution in [-0.4, -0.2) is 28.5 Å². The minimum absolute atomic E-state index is 0.0592. The third kappa shape index (κ3) is 3.04. The summed E-state index contributed by atoms with van der Waals surface area (Å²) in [6.45, 7) is 3.76. The van der Waals surface area contributed by atoms with E-state index in [2.05, 4.69) is 4.98 Å². The van der Waals surface area contributed by atoms with Gasteiger partial charge in [-0.2, -0.15) is 0 Å². The number of nitrogens with zero attached hydrogens (tertiary/aromatic N) is 3. The van der Waals surface area contributed by atoms with Crippen molar-refractivity contribution in [3.8, 4) is 5.69 Å². The molecule has 1 aliphatic rings. The van der Waals surface area contributed by atoms with E-state index in [1.165, 1.54) is 11.7 Å². The molecular weight excluding hydrogens is 440 g/mol. The Morgan fingerprint density at radius 2 is 1.79 bits per heavy atom. The standard InChI is InChI=1S/C24H20N4O4S/c1-24(2)15-10-9-14(11-16(15)28(23(24)31)13-7-5-4-6-8-13)27-17-12-18(22(30)32-3)33-20(17)26-19(25)21(27)29/h4-12H,1-3H3,(H2,25,26). The summed E-state index contributed by atoms with van der Waals surface area (Å²) < 4.78 is 6.23. The van der Waals surface area contributed by atoms with Gasteiger partial charge in [0, 0.05) is 5.69 Å². The van der Waals surface area contributed by atoms with Gasteiger partial charge in [0.15, 0.2) is 5.82 Å². The Balaban J connectivity index is 1.77. The van der Waals surface area contributed by atoms with Crippen molar-refractivity contribution in [1.82, 2.24) is 9.55 Å². The molecule has 0 spiro atoms. The van der Waals surface area contributed by atoms with E-state index >= 15 is 0 Å². The van der Waals surface area contributed by atoms with Gasteiger partial charge < -0.3 is 10.5 Å². The molecule has 1 aliphatic heterocycles. The summed E-state index contributed by atoms with van der Waals surface area (Å²) in [6, 6.07) is 16.4. The van der Waals surface area contributed by atoms with Gasteiger partial charge in [-0.1, -0.05) is 24.3 Å². The Bertz CT molecular complexity index is 1500. The predicted octanol–water partition coefficient (Wildman–Crippen LogP) is 3.77. The molecule has 1 amide bonds. The van der Waals surface area contributed by atoms with E-state index in [1.54, 1.807) is 23.1 Å². The molecule has 0 saturated carbocycles. The average Bonchev–Trinajstić information content (AvgIpc) is 3.31. The van der Waals surface area contributed by atoms with E-state index in [0.29, 0.717) is 26.6 Å². The van der Waals surface area contributed by atoms with Crippen LogP contribution in [0.3, 0.4) is 0 Å². The molecule has 9 heteroatoms. The summed E-state index contributed by atoms with van der Waals surface area (Å²) in [5, 5.41) is 0. The normalized spacial score (nSPS) is 14.5. The maximum atomic E-state index is 13.4. The van der Waals surface area contributed by atoms with Gasteiger partial charge in [0.05, 0.1) is 29.4 Å². The van der Waals surface area contributed by atoms with Crippen LogP contribution in [0.5, 0.6) is 0 Å². The predicted molar refractivity (Wildman–Crippen MR) is 128 cm³/mol. The molecule has 33 heavy (non-hydrogen) atoms. The van der Waals surface area contributed by atoms with Gasteiger partial charge in [0.1, 0.15) is 9.71 Å². The summed E-state index contributed by atoms with van der Waals surface area (Å²) in [5.74, 6) is -0.763. The molecule has 0 atom stereocenters. The van der Waals surface area contributed by atoms with E-state index in [0.717, 1.165) is 22.6 Å². The van der Waals surface area contributed by atoms with Crippen molar-refractivity contribution in [3.63, 3.8) is 0 Å². The molecule has 2 aromatic heterocycles. The van der Waals surface area contributed by atoms with Crippen molar-refractivity contribution in [2.75, 3.05) is 17.7 Å². The van der Waals surface area contributed by atoms with Crippen LogP contribution in [0.2, 0.25) is 0 Å². The molecule has 2 aromatic carbocycles. The highest BCUT2D eigenvalue weighted by Crippen LogP contribution is 2.46. The van der Waals surface area contributed by atoms with Crippen molar-refractivity contribution in [1.29, 1.82) is 0 Å². The molecule has 0 aliphatic carbocycles. The number of esters is 1. The fraction of sp³-hybridized carbons (Fsp3) is 0.167. The Morgan fingerprint density at radius 3 is 2.48 bits per heavy atom. The molecule has 2 N–H and O–H groups in total. The van der Waals surface area contributed by atoms with Crippen LogP contribution in [-0.2, 0) is 14.9 Å². The fourth-order valence-electron chi connectivity index (χ4n) is 4.16. The van der Waals surface area contributed by atoms with E-state index in [4.69, 9.17) is 10.5 Å². The number of amides is 1. The number of nitrogen functional groups attached to an aromatic ring is 1. The van der Waals surface area contributed by atoms with Crippen LogP contribution in [0, 0.1) is 0 Å². The van der Waals surface area contributed by atoms with Crippen LogP contribution < -0.4 is 16.2 Å². The summed E-state index contributed by atoms with van der Waals surface area (Å²) in [7, 11) is 1.29. The first-order valence-electron chi connectivity index (χ1n) is 10.2. The second-order valence-electron chi connectivity index (χ2n) is 8.23. The van der Waals surface area contributed by atoms with Crippen LogP contribution in [0.25, 0.3) is 16.0 Å². The first kappa shape index (κ1) is 20.9. The lowest BCUT2D eigenvalue weighted by atomic mass is 9.86. The van der Waals surface area contributed by atoms with Crippen LogP contribution >= 0.6 is 11.3 Å². The lowest BCUT2D eigenvalue weighted by Crippen LogP contribution is -2.33. The number of benzene rings is 2. The first-order chi connectivity index (χ1) is 15.7. The molecule has 5 rings (SSSR count). The number of anilines is 3. The summed E-state index contributed by atoms with van der Waals surface area (Å²) >= 11 is 1.09. The largest absolute Gasteiger partial charge is 0.465 e. The average molecular weight is 461 g/mol. The molecule has 3 heterocycles. The summed E-state index contributed by atoms with van der Waals surface area (Å²) in [4.78, 5) is 45.0. The van der Waals surface area contributed by atoms with Crippen molar-refractivity contribution < 1.29 is 14.3 Å². The monoisotopic (exact) mass is 460 g/mol. The zero-order valence-corrected chi connectivity index (χ0v) is 19.0. The number of ether oxygens (including phenoxy) is 1. The lowest BCUT2D eigenvalue weighted by Gasteiger charge is -2.20. The number of thiophene rings is 1. The van der Waals surface area contributed by atoms with Crippen molar-refractivity contribution in [2.45, 2.75) is 19.3 Å². The Morgan fingerprint density at radius 1 is 1.06 bits per heavy atom. The van der Waals surface area contributed by atoms with E-state index < -0.39 is 16.9 Å². The number of methoxy groups -OCH3 is 1. The molecule has 0 fully saturated rings. The summed E-state index contributed by atoms with van der Waals surface area (Å²) in [5.41, 5.74) is 7.91. The number of hydrogen-bond donors (Lipinski definition) is 1. The number of fused-ring (bicyclic) bond motifs is 2. The molecular formula is C24H20N4O4S. The number of nitrogens with two attached hydrogens (primary N) is 1. The number of carbonyl (C=O) groups excluding carboxylic acids is 2. The van der Waals surface area contributed by atoms with Gasteiger partial charge in [-0.15, -0.1) is 11.3 Å². The van der Waals surface area contributed by atoms with Gasteiger partial charge in [0.2, 0.25) is 5.91 Å². The van der Waals surface area contributed by atoms with E-state index in [1.807, 2.05) is 50.2 Å². The quantitative estimate of drug-likeness (QED) is 0.466. The fourth-order valence-corrected chi connectivity index (χ4v) is 5.11. The molecule has 4 aromatic rings. The smallest absolute Gasteiger partial charge is 0.348 e.